The Kier molecular flexibility index (Phi) is 4.66. The summed E-state index contributed by atoms with van der Waals surface area (Å²) in [6.45, 7) is 2.06. The van der Waals surface area contributed by atoms with Crippen molar-refractivity contribution in [1.82, 2.24) is 0 Å². The average Bonchev–Trinajstić information content (AvgIpc) is 2.85. The number of benzene rings is 1. The summed E-state index contributed by atoms with van der Waals surface area (Å²) in [5, 5.41) is 20.8. The maximum atomic E-state index is 11.8. The lowest BCUT2D eigenvalue weighted by molar-refractivity contribution is -0.385. The number of hydrogen-bond acceptors (Lipinski definition) is 3. The third-order valence-corrected chi connectivity index (χ3v) is 5.01. The van der Waals surface area contributed by atoms with E-state index in [-0.39, 0.29) is 12.1 Å². The molecule has 0 bridgehead atoms. The van der Waals surface area contributed by atoms with Gasteiger partial charge in [-0.05, 0) is 37.7 Å². The standard InChI is InChI=1S/C15H18BrNO4/c1-2-10-5-6-15(8-10,14(18)19)9-11-3-4-12(16)7-13(11)17(20)21/h3-4,7,10H,2,5-6,8-9H2,1H3,(H,18,19). The molecule has 0 amide bonds. The van der Waals surface area contributed by atoms with Crippen LogP contribution in [-0.4, -0.2) is 16.0 Å². The van der Waals surface area contributed by atoms with E-state index in [1.54, 1.807) is 12.1 Å². The van der Waals surface area contributed by atoms with E-state index in [4.69, 9.17) is 0 Å². The molecule has 114 valence electrons. The highest BCUT2D eigenvalue weighted by atomic mass is 79.9. The van der Waals surface area contributed by atoms with Crippen molar-refractivity contribution in [2.24, 2.45) is 11.3 Å². The van der Waals surface area contributed by atoms with Gasteiger partial charge in [0.2, 0.25) is 0 Å². The number of carboxylic acid groups (broad SMARTS) is 1. The molecule has 0 aliphatic heterocycles. The number of nitro benzene ring substituents is 1. The Morgan fingerprint density at radius 3 is 2.81 bits per heavy atom. The molecule has 1 aromatic carbocycles. The van der Waals surface area contributed by atoms with Crippen LogP contribution < -0.4 is 0 Å². The molecule has 1 fully saturated rings. The molecule has 1 aliphatic rings. The van der Waals surface area contributed by atoms with Gasteiger partial charge in [-0.15, -0.1) is 0 Å². The van der Waals surface area contributed by atoms with Gasteiger partial charge in [-0.3, -0.25) is 14.9 Å². The minimum Gasteiger partial charge on any atom is -0.481 e. The lowest BCUT2D eigenvalue weighted by Gasteiger charge is -2.24. The number of carbonyl (C=O) groups is 1. The van der Waals surface area contributed by atoms with Crippen molar-refractivity contribution in [3.8, 4) is 0 Å². The van der Waals surface area contributed by atoms with Gasteiger partial charge in [0.25, 0.3) is 5.69 Å². The Morgan fingerprint density at radius 2 is 2.29 bits per heavy atom. The number of aliphatic carboxylic acids is 1. The molecule has 0 spiro atoms. The molecule has 1 aliphatic carbocycles. The van der Waals surface area contributed by atoms with Crippen molar-refractivity contribution in [1.29, 1.82) is 0 Å². The van der Waals surface area contributed by atoms with Crippen LogP contribution >= 0.6 is 15.9 Å². The average molecular weight is 356 g/mol. The van der Waals surface area contributed by atoms with Crippen LogP contribution in [0.25, 0.3) is 0 Å². The molecule has 0 radical (unpaired) electrons. The van der Waals surface area contributed by atoms with Crippen molar-refractivity contribution in [2.75, 3.05) is 0 Å². The molecule has 2 rings (SSSR count). The zero-order valence-corrected chi connectivity index (χ0v) is 13.4. The molecular weight excluding hydrogens is 338 g/mol. The van der Waals surface area contributed by atoms with E-state index in [1.165, 1.54) is 6.07 Å². The Balaban J connectivity index is 2.35. The van der Waals surface area contributed by atoms with Crippen molar-refractivity contribution in [3.05, 3.63) is 38.3 Å². The van der Waals surface area contributed by atoms with Crippen LogP contribution in [0.5, 0.6) is 0 Å². The Morgan fingerprint density at radius 1 is 1.57 bits per heavy atom. The summed E-state index contributed by atoms with van der Waals surface area (Å²) in [4.78, 5) is 22.5. The zero-order valence-electron chi connectivity index (χ0n) is 11.8. The quantitative estimate of drug-likeness (QED) is 0.634. The van der Waals surface area contributed by atoms with Crippen molar-refractivity contribution >= 4 is 27.6 Å². The second-order valence-corrected chi connectivity index (χ2v) is 6.73. The van der Waals surface area contributed by atoms with Crippen LogP contribution in [0.4, 0.5) is 5.69 Å². The molecule has 5 nitrogen and oxygen atoms in total. The summed E-state index contributed by atoms with van der Waals surface area (Å²) >= 11 is 3.22. The van der Waals surface area contributed by atoms with Crippen LogP contribution in [0.2, 0.25) is 0 Å². The van der Waals surface area contributed by atoms with Crippen LogP contribution in [0.1, 0.15) is 38.2 Å². The minimum absolute atomic E-state index is 0.00931. The van der Waals surface area contributed by atoms with E-state index >= 15 is 0 Å². The van der Waals surface area contributed by atoms with Crippen LogP contribution in [0, 0.1) is 21.4 Å². The summed E-state index contributed by atoms with van der Waals surface area (Å²) in [7, 11) is 0. The first-order chi connectivity index (χ1) is 9.88. The molecule has 1 aromatic rings. The Bertz CT molecular complexity index is 575. The molecule has 1 N–H and O–H groups in total. The molecular formula is C15H18BrNO4. The number of nitro groups is 1. The topological polar surface area (TPSA) is 80.4 Å². The predicted octanol–water partition coefficient (Wildman–Crippen LogP) is 4.18. The number of hydrogen-bond donors (Lipinski definition) is 1. The summed E-state index contributed by atoms with van der Waals surface area (Å²) in [6, 6.07) is 4.83. The molecule has 0 aromatic heterocycles. The second kappa shape index (κ2) is 6.13. The molecule has 21 heavy (non-hydrogen) atoms. The third kappa shape index (κ3) is 3.26. The van der Waals surface area contributed by atoms with Gasteiger partial charge in [0.1, 0.15) is 0 Å². The summed E-state index contributed by atoms with van der Waals surface area (Å²) in [5.41, 5.74) is -0.369. The fraction of sp³-hybridized carbons (Fsp3) is 0.533. The van der Waals surface area contributed by atoms with E-state index in [2.05, 4.69) is 22.9 Å². The monoisotopic (exact) mass is 355 g/mol. The maximum Gasteiger partial charge on any atom is 0.309 e. The molecule has 1 saturated carbocycles. The molecule has 2 unspecified atom stereocenters. The SMILES string of the molecule is CCC1CCC(Cc2ccc(Br)cc2[N+](=O)[O-])(C(=O)O)C1. The summed E-state index contributed by atoms with van der Waals surface area (Å²) in [5.74, 6) is -0.439. The van der Waals surface area contributed by atoms with Gasteiger partial charge >= 0.3 is 5.97 Å². The lowest BCUT2D eigenvalue weighted by Crippen LogP contribution is -2.31. The first-order valence-corrected chi connectivity index (χ1v) is 7.83. The van der Waals surface area contributed by atoms with Crippen LogP contribution in [0.3, 0.4) is 0 Å². The van der Waals surface area contributed by atoms with Gasteiger partial charge in [-0.25, -0.2) is 0 Å². The van der Waals surface area contributed by atoms with Gasteiger partial charge in [0.05, 0.1) is 10.3 Å². The van der Waals surface area contributed by atoms with Gasteiger partial charge in [-0.2, -0.15) is 0 Å². The summed E-state index contributed by atoms with van der Waals surface area (Å²) in [6.07, 6.45) is 3.26. The number of nitrogens with zero attached hydrogens (tertiary/aromatic N) is 1. The van der Waals surface area contributed by atoms with E-state index in [1.807, 2.05) is 0 Å². The van der Waals surface area contributed by atoms with Gasteiger partial charge in [0, 0.05) is 16.1 Å². The van der Waals surface area contributed by atoms with Crippen LogP contribution in [-0.2, 0) is 11.2 Å². The third-order valence-electron chi connectivity index (χ3n) is 4.51. The highest BCUT2D eigenvalue weighted by Crippen LogP contribution is 2.46. The fourth-order valence-corrected chi connectivity index (χ4v) is 3.59. The normalized spacial score (nSPS) is 25.0. The van der Waals surface area contributed by atoms with Crippen molar-refractivity contribution in [3.63, 3.8) is 0 Å². The minimum atomic E-state index is -0.862. The van der Waals surface area contributed by atoms with E-state index in [9.17, 15) is 20.0 Å². The number of carboxylic acids is 1. The number of halogens is 1. The van der Waals surface area contributed by atoms with E-state index in [0.29, 0.717) is 28.8 Å². The second-order valence-electron chi connectivity index (χ2n) is 5.81. The summed E-state index contributed by atoms with van der Waals surface area (Å²) < 4.78 is 0.625. The highest BCUT2D eigenvalue weighted by molar-refractivity contribution is 9.10. The number of rotatable bonds is 5. The Hall–Kier alpha value is -1.43. The molecule has 0 saturated heterocycles. The van der Waals surface area contributed by atoms with Gasteiger partial charge in [-0.1, -0.05) is 35.3 Å². The van der Waals surface area contributed by atoms with Gasteiger partial charge < -0.3 is 5.11 Å². The first kappa shape index (κ1) is 15.9. The Labute approximate surface area is 131 Å². The molecule has 2 atom stereocenters. The van der Waals surface area contributed by atoms with Crippen molar-refractivity contribution in [2.45, 2.75) is 39.0 Å². The molecule has 0 heterocycles. The first-order valence-electron chi connectivity index (χ1n) is 7.04. The zero-order chi connectivity index (χ0) is 15.6. The van der Waals surface area contributed by atoms with Gasteiger partial charge in [0.15, 0.2) is 0 Å². The fourth-order valence-electron chi connectivity index (χ4n) is 3.24. The smallest absolute Gasteiger partial charge is 0.309 e. The lowest BCUT2D eigenvalue weighted by atomic mass is 9.79. The largest absolute Gasteiger partial charge is 0.481 e. The maximum absolute atomic E-state index is 11.8. The van der Waals surface area contributed by atoms with Crippen molar-refractivity contribution < 1.29 is 14.8 Å². The van der Waals surface area contributed by atoms with E-state index in [0.717, 1.165) is 12.8 Å². The van der Waals surface area contributed by atoms with E-state index < -0.39 is 16.3 Å². The molecule has 6 heteroatoms. The van der Waals surface area contributed by atoms with Crippen LogP contribution in [0.15, 0.2) is 22.7 Å². The highest BCUT2D eigenvalue weighted by Gasteiger charge is 2.45. The predicted molar refractivity (Wildman–Crippen MR) is 82.2 cm³/mol.